The van der Waals surface area contributed by atoms with Crippen LogP contribution in [0.4, 0.5) is 10.1 Å². The van der Waals surface area contributed by atoms with E-state index in [-0.39, 0.29) is 11.9 Å². The highest BCUT2D eigenvalue weighted by molar-refractivity contribution is 9.10. The third-order valence-corrected chi connectivity index (χ3v) is 5.22. The molecule has 0 aromatic heterocycles. The molecule has 0 aliphatic carbocycles. The van der Waals surface area contributed by atoms with Crippen LogP contribution in [0.15, 0.2) is 82.4 Å². The predicted molar refractivity (Wildman–Crippen MR) is 110 cm³/mol. The second-order valence-electron chi connectivity index (χ2n) is 6.34. The van der Waals surface area contributed by atoms with Gasteiger partial charge < -0.3 is 4.74 Å². The molecule has 0 bridgehead atoms. The summed E-state index contributed by atoms with van der Waals surface area (Å²) in [6.45, 7) is 0. The Morgan fingerprint density at radius 3 is 2.37 bits per heavy atom. The molecule has 27 heavy (non-hydrogen) atoms. The van der Waals surface area contributed by atoms with Gasteiger partial charge in [0.1, 0.15) is 11.6 Å². The molecule has 0 saturated carbocycles. The molecule has 1 unspecified atom stereocenters. The van der Waals surface area contributed by atoms with Crippen molar-refractivity contribution in [1.29, 1.82) is 0 Å². The first-order valence-corrected chi connectivity index (χ1v) is 9.46. The first-order chi connectivity index (χ1) is 13.2. The van der Waals surface area contributed by atoms with Gasteiger partial charge in [0, 0.05) is 10.9 Å². The summed E-state index contributed by atoms with van der Waals surface area (Å²) in [5, 5.41) is 6.57. The molecule has 3 aromatic carbocycles. The van der Waals surface area contributed by atoms with E-state index in [2.05, 4.69) is 28.1 Å². The van der Waals surface area contributed by atoms with E-state index in [0.717, 1.165) is 27.1 Å². The van der Waals surface area contributed by atoms with Crippen molar-refractivity contribution in [2.45, 2.75) is 12.5 Å². The van der Waals surface area contributed by atoms with E-state index in [4.69, 9.17) is 9.84 Å². The molecule has 4 rings (SSSR count). The van der Waals surface area contributed by atoms with Crippen LogP contribution in [0.3, 0.4) is 0 Å². The molecule has 0 radical (unpaired) electrons. The maximum atomic E-state index is 14.5. The molecular weight excluding hydrogens is 407 g/mol. The maximum Gasteiger partial charge on any atom is 0.148 e. The number of benzene rings is 3. The van der Waals surface area contributed by atoms with Gasteiger partial charge in [-0.2, -0.15) is 5.10 Å². The quantitative estimate of drug-likeness (QED) is 0.516. The number of hydrogen-bond donors (Lipinski definition) is 0. The molecule has 3 nitrogen and oxygen atoms in total. The van der Waals surface area contributed by atoms with E-state index in [1.807, 2.05) is 42.5 Å². The smallest absolute Gasteiger partial charge is 0.148 e. The second-order valence-corrected chi connectivity index (χ2v) is 7.26. The molecule has 136 valence electrons. The van der Waals surface area contributed by atoms with Gasteiger partial charge in [0.25, 0.3) is 0 Å². The Hall–Kier alpha value is -2.66. The zero-order chi connectivity index (χ0) is 18.8. The molecule has 0 spiro atoms. The van der Waals surface area contributed by atoms with Gasteiger partial charge in [0.2, 0.25) is 0 Å². The van der Waals surface area contributed by atoms with Crippen molar-refractivity contribution in [2.24, 2.45) is 5.10 Å². The molecule has 0 fully saturated rings. The van der Waals surface area contributed by atoms with Crippen LogP contribution in [0.5, 0.6) is 5.75 Å². The van der Waals surface area contributed by atoms with Gasteiger partial charge in [-0.05, 0) is 59.7 Å². The van der Waals surface area contributed by atoms with Crippen molar-refractivity contribution in [3.63, 3.8) is 0 Å². The number of hydrogen-bond acceptors (Lipinski definition) is 3. The third kappa shape index (κ3) is 3.60. The molecule has 1 aliphatic heterocycles. The highest BCUT2D eigenvalue weighted by Gasteiger charge is 2.31. The van der Waals surface area contributed by atoms with Gasteiger partial charge in [-0.1, -0.05) is 40.2 Å². The van der Waals surface area contributed by atoms with Gasteiger partial charge in [-0.3, -0.25) is 5.01 Å². The van der Waals surface area contributed by atoms with Crippen LogP contribution in [0.1, 0.15) is 23.6 Å². The largest absolute Gasteiger partial charge is 0.497 e. The van der Waals surface area contributed by atoms with E-state index in [0.29, 0.717) is 12.1 Å². The Bertz CT molecular complexity index is 970. The summed E-state index contributed by atoms with van der Waals surface area (Å²) in [6.07, 6.45) is 0.697. The minimum atomic E-state index is -0.278. The van der Waals surface area contributed by atoms with Crippen molar-refractivity contribution < 1.29 is 9.13 Å². The van der Waals surface area contributed by atoms with E-state index >= 15 is 0 Å². The molecule has 3 aromatic rings. The predicted octanol–water partition coefficient (Wildman–Crippen LogP) is 5.95. The van der Waals surface area contributed by atoms with Crippen molar-refractivity contribution in [3.05, 3.63) is 94.2 Å². The number of nitrogens with zero attached hydrogens (tertiary/aromatic N) is 2. The molecular formula is C22H18BrFN2O. The molecule has 1 heterocycles. The van der Waals surface area contributed by atoms with Crippen molar-refractivity contribution >= 4 is 27.3 Å². The Balaban J connectivity index is 1.75. The minimum absolute atomic E-state index is 0.0629. The molecule has 0 saturated heterocycles. The summed E-state index contributed by atoms with van der Waals surface area (Å²) < 4.78 is 20.7. The van der Waals surface area contributed by atoms with Gasteiger partial charge in [-0.15, -0.1) is 0 Å². The Morgan fingerprint density at radius 2 is 1.70 bits per heavy atom. The number of ether oxygens (including phenoxy) is 1. The second kappa shape index (κ2) is 7.53. The summed E-state index contributed by atoms with van der Waals surface area (Å²) in [6, 6.07) is 22.6. The summed E-state index contributed by atoms with van der Waals surface area (Å²) in [5.74, 6) is 0.520. The molecule has 0 N–H and O–H groups in total. The number of halogens is 2. The first-order valence-electron chi connectivity index (χ1n) is 8.67. The number of rotatable bonds is 4. The van der Waals surface area contributed by atoms with Crippen LogP contribution in [0.25, 0.3) is 0 Å². The highest BCUT2D eigenvalue weighted by atomic mass is 79.9. The molecule has 1 aliphatic rings. The van der Waals surface area contributed by atoms with Crippen LogP contribution in [0.2, 0.25) is 0 Å². The Kier molecular flexibility index (Phi) is 4.94. The number of anilines is 1. The first kappa shape index (κ1) is 17.7. The van der Waals surface area contributed by atoms with Crippen LogP contribution in [-0.2, 0) is 0 Å². The summed E-state index contributed by atoms with van der Waals surface area (Å²) in [7, 11) is 1.64. The van der Waals surface area contributed by atoms with Crippen LogP contribution in [-0.4, -0.2) is 12.8 Å². The number of para-hydroxylation sites is 1. The monoisotopic (exact) mass is 424 g/mol. The SMILES string of the molecule is COc1ccc(C2=NN(c3ccccc3F)C(c3ccc(Br)cc3)C2)cc1. The lowest BCUT2D eigenvalue weighted by Gasteiger charge is -2.24. The highest BCUT2D eigenvalue weighted by Crippen LogP contribution is 2.38. The lowest BCUT2D eigenvalue weighted by molar-refractivity contribution is 0.415. The van der Waals surface area contributed by atoms with Gasteiger partial charge in [0.05, 0.1) is 24.6 Å². The maximum absolute atomic E-state index is 14.5. The van der Waals surface area contributed by atoms with Gasteiger partial charge in [-0.25, -0.2) is 4.39 Å². The minimum Gasteiger partial charge on any atom is -0.497 e. The summed E-state index contributed by atoms with van der Waals surface area (Å²) in [4.78, 5) is 0. The van der Waals surface area contributed by atoms with Crippen LogP contribution in [0, 0.1) is 5.82 Å². The van der Waals surface area contributed by atoms with Gasteiger partial charge >= 0.3 is 0 Å². The summed E-state index contributed by atoms with van der Waals surface area (Å²) >= 11 is 3.47. The average molecular weight is 425 g/mol. The Morgan fingerprint density at radius 1 is 1.00 bits per heavy atom. The Labute approximate surface area is 166 Å². The zero-order valence-corrected chi connectivity index (χ0v) is 16.4. The van der Waals surface area contributed by atoms with E-state index in [1.54, 1.807) is 24.3 Å². The summed E-state index contributed by atoms with van der Waals surface area (Å²) in [5.41, 5.74) is 3.51. The van der Waals surface area contributed by atoms with E-state index in [1.165, 1.54) is 6.07 Å². The normalized spacial score (nSPS) is 16.3. The molecule has 0 amide bonds. The number of methoxy groups -OCH3 is 1. The molecule has 5 heteroatoms. The third-order valence-electron chi connectivity index (χ3n) is 4.69. The lowest BCUT2D eigenvalue weighted by atomic mass is 9.98. The van der Waals surface area contributed by atoms with E-state index < -0.39 is 0 Å². The fraction of sp³-hybridized carbons (Fsp3) is 0.136. The fourth-order valence-corrected chi connectivity index (χ4v) is 3.54. The number of hydrazone groups is 1. The fourth-order valence-electron chi connectivity index (χ4n) is 3.27. The zero-order valence-electron chi connectivity index (χ0n) is 14.8. The van der Waals surface area contributed by atoms with Crippen molar-refractivity contribution in [3.8, 4) is 5.75 Å². The van der Waals surface area contributed by atoms with Gasteiger partial charge in [0.15, 0.2) is 0 Å². The van der Waals surface area contributed by atoms with E-state index in [9.17, 15) is 4.39 Å². The van der Waals surface area contributed by atoms with Crippen molar-refractivity contribution in [2.75, 3.05) is 12.1 Å². The van der Waals surface area contributed by atoms with Crippen molar-refractivity contribution in [1.82, 2.24) is 0 Å². The topological polar surface area (TPSA) is 24.8 Å². The standard InChI is InChI=1S/C22H18BrFN2O/c1-27-18-12-8-15(9-13-18)20-14-22(16-6-10-17(23)11-7-16)26(25-20)21-5-3-2-4-19(21)24/h2-13,22H,14H2,1H3. The van der Waals surface area contributed by atoms with Crippen LogP contribution >= 0.6 is 15.9 Å². The van der Waals surface area contributed by atoms with Crippen LogP contribution < -0.4 is 9.75 Å². The molecule has 1 atom stereocenters. The lowest BCUT2D eigenvalue weighted by Crippen LogP contribution is -2.19. The average Bonchev–Trinajstić information content (AvgIpc) is 3.14.